The average Bonchev–Trinajstić information content (AvgIpc) is 3.12. The predicted octanol–water partition coefficient (Wildman–Crippen LogP) is 10.6. The zero-order valence-corrected chi connectivity index (χ0v) is 35.6. The third-order valence-electron chi connectivity index (χ3n) is 8.44. The molecule has 0 rings (SSSR count). The number of nitrogens with zero attached hydrogens (tertiary/aromatic N) is 1. The number of carbonyl (C=O) groups excluding carboxylic acids is 1. The Bertz CT molecular complexity index is 1110. The number of aliphatic hydroxyl groups is 1. The van der Waals surface area contributed by atoms with E-state index >= 15 is 0 Å². The van der Waals surface area contributed by atoms with E-state index in [1.165, 1.54) is 70.6 Å². The van der Waals surface area contributed by atoms with Gasteiger partial charge in [-0.15, -0.1) is 0 Å². The third kappa shape index (κ3) is 39.4. The van der Waals surface area contributed by atoms with Crippen LogP contribution in [0.1, 0.15) is 142 Å². The Labute approximate surface area is 330 Å². The van der Waals surface area contributed by atoms with E-state index in [4.69, 9.17) is 18.5 Å². The first-order valence-corrected chi connectivity index (χ1v) is 22.3. The van der Waals surface area contributed by atoms with Crippen LogP contribution in [0.3, 0.4) is 0 Å². The van der Waals surface area contributed by atoms with Gasteiger partial charge in [-0.2, -0.15) is 0 Å². The molecule has 2 unspecified atom stereocenters. The minimum absolute atomic E-state index is 0.00542. The van der Waals surface area contributed by atoms with E-state index in [0.717, 1.165) is 38.5 Å². The molecule has 312 valence electrons. The van der Waals surface area contributed by atoms with Gasteiger partial charge in [-0.05, 0) is 57.4 Å². The maximum Gasteiger partial charge on any atom is 0.305 e. The van der Waals surface area contributed by atoms with E-state index in [0.29, 0.717) is 23.9 Å². The van der Waals surface area contributed by atoms with E-state index in [1.54, 1.807) is 12.3 Å². The summed E-state index contributed by atoms with van der Waals surface area (Å²) in [7, 11) is 1.29. The maximum atomic E-state index is 12.4. The Morgan fingerprint density at radius 1 is 0.722 bits per heavy atom. The molecule has 0 amide bonds. The van der Waals surface area contributed by atoms with Crippen molar-refractivity contribution in [2.24, 2.45) is 0 Å². The number of ether oxygens (including phenoxy) is 2. The molecule has 10 heteroatoms. The molecule has 0 saturated carbocycles. The lowest BCUT2D eigenvalue weighted by Gasteiger charge is -2.28. The Morgan fingerprint density at radius 3 is 2.00 bits per heavy atom. The van der Waals surface area contributed by atoms with Crippen molar-refractivity contribution in [2.75, 3.05) is 47.5 Å². The van der Waals surface area contributed by atoms with Crippen LogP contribution in [0.25, 0.3) is 0 Å². The molecule has 0 aliphatic heterocycles. The monoisotopic (exact) mass is 780 g/mol. The molecule has 0 aromatic heterocycles. The van der Waals surface area contributed by atoms with Gasteiger partial charge >= 0.3 is 5.97 Å². The highest BCUT2D eigenvalue weighted by atomic mass is 31.2. The summed E-state index contributed by atoms with van der Waals surface area (Å²) in [4.78, 5) is 24.8. The van der Waals surface area contributed by atoms with Crippen molar-refractivity contribution in [2.45, 2.75) is 154 Å². The first-order chi connectivity index (χ1) is 26.0. The van der Waals surface area contributed by atoms with Gasteiger partial charge in [0.1, 0.15) is 19.8 Å². The van der Waals surface area contributed by atoms with Gasteiger partial charge in [0, 0.05) is 6.42 Å². The van der Waals surface area contributed by atoms with Gasteiger partial charge < -0.3 is 33.0 Å². The quantitative estimate of drug-likeness (QED) is 0.0126. The molecular weight excluding hydrogens is 701 g/mol. The summed E-state index contributed by atoms with van der Waals surface area (Å²) in [5, 5.41) is 10.0. The van der Waals surface area contributed by atoms with Crippen molar-refractivity contribution in [3.05, 3.63) is 73.1 Å². The number of esters is 1. The molecule has 0 aliphatic rings. The second kappa shape index (κ2) is 36.4. The van der Waals surface area contributed by atoms with Crippen molar-refractivity contribution < 1.29 is 42.4 Å². The predicted molar refractivity (Wildman–Crippen MR) is 223 cm³/mol. The standard InChI is InChI=1S/C44H78NO8P/c1-6-8-10-12-14-15-16-17-18-19-22-25-29-33-38-50-43(41-53-54(48,49)52-39-37-45(3,4)5)40-51-44(47)36-32-28-24-21-20-23-27-31-35-42(46)34-30-26-13-11-9-7-2/h9,11,21,23-24,26-27,30-31,33,35,38,42-43,46H,6-8,10,12-20,22,25,28-29,32,34,36-37,39-41H2,1-5H3/b11-9-,24-21-,27-23-,30-26-,35-31+,38-33+/t42?,43-/m1/s1. The SMILES string of the molecule is CC/C=C\C/C=C\CC(O)/C=C/C=C\C/C=C\CCCC(=O)OC[C@H](COP(=O)([O-])OCC[N+](C)(C)C)O/C=C/CCCCCCCCCCCCCC. The number of phosphoric acid groups is 1. The number of phosphoric ester groups is 1. The van der Waals surface area contributed by atoms with Gasteiger partial charge in [0.25, 0.3) is 7.82 Å². The normalized spacial score (nSPS) is 15.1. The minimum Gasteiger partial charge on any atom is -0.756 e. The number of carbonyl (C=O) groups is 1. The highest BCUT2D eigenvalue weighted by Gasteiger charge is 2.19. The Kier molecular flexibility index (Phi) is 34.9. The third-order valence-corrected chi connectivity index (χ3v) is 9.41. The van der Waals surface area contributed by atoms with E-state index in [1.807, 2.05) is 63.7 Å². The van der Waals surface area contributed by atoms with E-state index in [2.05, 4.69) is 32.1 Å². The average molecular weight is 780 g/mol. The highest BCUT2D eigenvalue weighted by molar-refractivity contribution is 7.45. The number of rotatable bonds is 37. The number of quaternary nitrogens is 1. The molecule has 9 nitrogen and oxygen atoms in total. The van der Waals surface area contributed by atoms with Crippen molar-refractivity contribution in [3.63, 3.8) is 0 Å². The van der Waals surface area contributed by atoms with Gasteiger partial charge in [-0.25, -0.2) is 0 Å². The highest BCUT2D eigenvalue weighted by Crippen LogP contribution is 2.38. The molecule has 0 aromatic rings. The topological polar surface area (TPSA) is 114 Å². The van der Waals surface area contributed by atoms with Gasteiger partial charge in [0.05, 0.1) is 40.1 Å². The van der Waals surface area contributed by atoms with Gasteiger partial charge in [0.2, 0.25) is 0 Å². The van der Waals surface area contributed by atoms with Crippen LogP contribution in [0.2, 0.25) is 0 Å². The van der Waals surface area contributed by atoms with Gasteiger partial charge in [-0.1, -0.05) is 145 Å². The number of allylic oxidation sites excluding steroid dienone is 9. The fourth-order valence-electron chi connectivity index (χ4n) is 5.12. The van der Waals surface area contributed by atoms with Crippen LogP contribution in [0.15, 0.2) is 73.1 Å². The molecule has 1 N–H and O–H groups in total. The van der Waals surface area contributed by atoms with Gasteiger partial charge in [-0.3, -0.25) is 9.36 Å². The molecule has 0 radical (unpaired) electrons. The molecule has 0 bridgehead atoms. The lowest BCUT2D eigenvalue weighted by atomic mass is 10.0. The van der Waals surface area contributed by atoms with Crippen LogP contribution in [-0.2, 0) is 27.9 Å². The fourth-order valence-corrected chi connectivity index (χ4v) is 5.85. The molecule has 0 fully saturated rings. The number of aliphatic hydroxyl groups excluding tert-OH is 1. The molecule has 0 aliphatic carbocycles. The summed E-state index contributed by atoms with van der Waals surface area (Å²) in [6.45, 7) is 4.42. The molecule has 0 saturated heterocycles. The van der Waals surface area contributed by atoms with Crippen molar-refractivity contribution in [3.8, 4) is 0 Å². The first kappa shape index (κ1) is 51.7. The van der Waals surface area contributed by atoms with E-state index < -0.39 is 20.0 Å². The molecule has 54 heavy (non-hydrogen) atoms. The van der Waals surface area contributed by atoms with Crippen molar-refractivity contribution in [1.29, 1.82) is 0 Å². The van der Waals surface area contributed by atoms with Crippen LogP contribution < -0.4 is 4.89 Å². The smallest absolute Gasteiger partial charge is 0.305 e. The minimum atomic E-state index is -4.54. The van der Waals surface area contributed by atoms with Crippen LogP contribution in [0.4, 0.5) is 0 Å². The molecule has 0 spiro atoms. The Hall–Kier alpha value is -2.26. The second-order valence-corrected chi connectivity index (χ2v) is 16.3. The van der Waals surface area contributed by atoms with Crippen molar-refractivity contribution >= 4 is 13.8 Å². The lowest BCUT2D eigenvalue weighted by molar-refractivity contribution is -0.870. The zero-order valence-electron chi connectivity index (χ0n) is 34.8. The summed E-state index contributed by atoms with van der Waals surface area (Å²) in [5.41, 5.74) is 0. The number of likely N-dealkylation sites (N-methyl/N-ethyl adjacent to an activating group) is 1. The zero-order chi connectivity index (χ0) is 40.0. The summed E-state index contributed by atoms with van der Waals surface area (Å²) in [6.07, 6.45) is 43.3. The second-order valence-electron chi connectivity index (χ2n) is 14.9. The summed E-state index contributed by atoms with van der Waals surface area (Å²) in [5.74, 6) is -0.377. The first-order valence-electron chi connectivity index (χ1n) is 20.8. The number of hydrogen-bond donors (Lipinski definition) is 1. The Morgan fingerprint density at radius 2 is 1.33 bits per heavy atom. The van der Waals surface area contributed by atoms with E-state index in [-0.39, 0.29) is 32.2 Å². The summed E-state index contributed by atoms with van der Waals surface area (Å²) in [6, 6.07) is 0. The van der Waals surface area contributed by atoms with Crippen molar-refractivity contribution in [1.82, 2.24) is 0 Å². The molecule has 3 atom stereocenters. The number of hydrogen-bond acceptors (Lipinski definition) is 8. The summed E-state index contributed by atoms with van der Waals surface area (Å²) >= 11 is 0. The van der Waals surface area contributed by atoms with Crippen LogP contribution in [0.5, 0.6) is 0 Å². The molecule has 0 heterocycles. The van der Waals surface area contributed by atoms with Crippen LogP contribution in [-0.4, -0.2) is 75.3 Å². The largest absolute Gasteiger partial charge is 0.756 e. The van der Waals surface area contributed by atoms with Gasteiger partial charge in [0.15, 0.2) is 6.10 Å². The lowest BCUT2D eigenvalue weighted by Crippen LogP contribution is -2.37. The summed E-state index contributed by atoms with van der Waals surface area (Å²) < 4.78 is 34.2. The molecular formula is C44H78NO8P. The maximum absolute atomic E-state index is 12.4. The number of unbranched alkanes of at least 4 members (excludes halogenated alkanes) is 13. The Balaban J connectivity index is 4.49. The van der Waals surface area contributed by atoms with Crippen LogP contribution >= 0.6 is 7.82 Å². The van der Waals surface area contributed by atoms with Crippen LogP contribution in [0, 0.1) is 0 Å². The fraction of sp³-hybridized carbons (Fsp3) is 0.705. The van der Waals surface area contributed by atoms with E-state index in [9.17, 15) is 19.4 Å². The molecule has 0 aromatic carbocycles.